The van der Waals surface area contributed by atoms with Gasteiger partial charge in [0.15, 0.2) is 5.96 Å². The summed E-state index contributed by atoms with van der Waals surface area (Å²) in [6, 6.07) is 10.3. The Labute approximate surface area is 159 Å². The Morgan fingerprint density at radius 1 is 1.15 bits per heavy atom. The van der Waals surface area contributed by atoms with Crippen LogP contribution in [-0.4, -0.2) is 43.0 Å². The van der Waals surface area contributed by atoms with Gasteiger partial charge >= 0.3 is 0 Å². The van der Waals surface area contributed by atoms with Crippen molar-refractivity contribution in [3.63, 3.8) is 0 Å². The minimum Gasteiger partial charge on any atom is -0.357 e. The zero-order valence-corrected chi connectivity index (χ0v) is 15.8. The molecule has 1 heterocycles. The molecule has 0 aliphatic carbocycles. The Hall–Kier alpha value is -2.96. The number of guanidine groups is 1. The molecule has 0 bridgehead atoms. The van der Waals surface area contributed by atoms with Gasteiger partial charge in [0.1, 0.15) is 5.82 Å². The van der Waals surface area contributed by atoms with E-state index in [1.807, 2.05) is 25.1 Å². The number of amides is 1. The highest BCUT2D eigenvalue weighted by Crippen LogP contribution is 2.08. The van der Waals surface area contributed by atoms with Crippen LogP contribution in [0.25, 0.3) is 0 Å². The van der Waals surface area contributed by atoms with E-state index < -0.39 is 0 Å². The van der Waals surface area contributed by atoms with Crippen molar-refractivity contribution in [3.8, 4) is 0 Å². The van der Waals surface area contributed by atoms with Crippen LogP contribution in [-0.2, 0) is 6.42 Å². The second-order valence-electron chi connectivity index (χ2n) is 5.98. The second-order valence-corrected chi connectivity index (χ2v) is 5.98. The van der Waals surface area contributed by atoms with Crippen LogP contribution in [0.5, 0.6) is 0 Å². The lowest BCUT2D eigenvalue weighted by atomic mass is 10.1. The Morgan fingerprint density at radius 2 is 1.96 bits per heavy atom. The van der Waals surface area contributed by atoms with Crippen molar-refractivity contribution < 1.29 is 9.18 Å². The third-order valence-electron chi connectivity index (χ3n) is 3.85. The van der Waals surface area contributed by atoms with Crippen molar-refractivity contribution in [1.82, 2.24) is 20.9 Å². The standard InChI is InChI=1S/C20H26FN5O/c1-3-22-20(25-11-9-17-6-4-5-10-23-17)26-13-12-24-19(27)16-8-7-15(2)18(21)14-16/h4-8,10,14H,3,9,11-13H2,1-2H3,(H,24,27)(H2,22,25,26). The number of aromatic nitrogens is 1. The molecular weight excluding hydrogens is 345 g/mol. The van der Waals surface area contributed by atoms with Crippen molar-refractivity contribution in [1.29, 1.82) is 0 Å². The van der Waals surface area contributed by atoms with Gasteiger partial charge in [-0.15, -0.1) is 0 Å². The first-order valence-electron chi connectivity index (χ1n) is 9.06. The van der Waals surface area contributed by atoms with Crippen molar-refractivity contribution >= 4 is 11.9 Å². The van der Waals surface area contributed by atoms with Gasteiger partial charge in [-0.05, 0) is 43.7 Å². The molecule has 1 aromatic carbocycles. The highest BCUT2D eigenvalue weighted by molar-refractivity contribution is 5.94. The molecule has 3 N–H and O–H groups in total. The van der Waals surface area contributed by atoms with Gasteiger partial charge < -0.3 is 16.0 Å². The lowest BCUT2D eigenvalue weighted by Crippen LogP contribution is -2.41. The zero-order valence-electron chi connectivity index (χ0n) is 15.8. The number of hydrogen-bond acceptors (Lipinski definition) is 3. The number of carbonyl (C=O) groups is 1. The molecular formula is C20H26FN5O. The topological polar surface area (TPSA) is 78.4 Å². The first kappa shape index (κ1) is 20.4. The molecule has 0 unspecified atom stereocenters. The van der Waals surface area contributed by atoms with Gasteiger partial charge in [-0.25, -0.2) is 4.39 Å². The lowest BCUT2D eigenvalue weighted by Gasteiger charge is -2.12. The Bertz CT molecular complexity index is 764. The van der Waals surface area contributed by atoms with Gasteiger partial charge in [0.25, 0.3) is 5.91 Å². The maximum Gasteiger partial charge on any atom is 0.251 e. The number of halogens is 1. The van der Waals surface area contributed by atoms with Crippen LogP contribution in [0.4, 0.5) is 4.39 Å². The minimum absolute atomic E-state index is 0.298. The normalized spacial score (nSPS) is 11.1. The zero-order chi connectivity index (χ0) is 19.5. The summed E-state index contributed by atoms with van der Waals surface area (Å²) in [5, 5.41) is 9.09. The van der Waals surface area contributed by atoms with Crippen molar-refractivity contribution in [2.45, 2.75) is 20.3 Å². The lowest BCUT2D eigenvalue weighted by molar-refractivity contribution is 0.0954. The molecule has 6 nitrogen and oxygen atoms in total. The molecule has 144 valence electrons. The predicted octanol–water partition coefficient (Wildman–Crippen LogP) is 2.06. The Morgan fingerprint density at radius 3 is 2.67 bits per heavy atom. The van der Waals surface area contributed by atoms with E-state index in [0.717, 1.165) is 18.7 Å². The fourth-order valence-electron chi connectivity index (χ4n) is 2.36. The van der Waals surface area contributed by atoms with E-state index in [1.54, 1.807) is 25.3 Å². The van der Waals surface area contributed by atoms with E-state index in [-0.39, 0.29) is 11.7 Å². The number of pyridine rings is 1. The first-order valence-corrected chi connectivity index (χ1v) is 9.06. The van der Waals surface area contributed by atoms with Crippen molar-refractivity contribution in [2.75, 3.05) is 26.2 Å². The first-order chi connectivity index (χ1) is 13.1. The molecule has 0 saturated heterocycles. The van der Waals surface area contributed by atoms with Crippen LogP contribution in [0.3, 0.4) is 0 Å². The summed E-state index contributed by atoms with van der Waals surface area (Å²) in [6.07, 6.45) is 2.53. The predicted molar refractivity (Wildman–Crippen MR) is 105 cm³/mol. The molecule has 2 aromatic rings. The van der Waals surface area contributed by atoms with Crippen LogP contribution in [0.1, 0.15) is 28.5 Å². The summed E-state index contributed by atoms with van der Waals surface area (Å²) >= 11 is 0. The van der Waals surface area contributed by atoms with Crippen LogP contribution < -0.4 is 16.0 Å². The van der Waals surface area contributed by atoms with E-state index in [2.05, 4.69) is 25.9 Å². The van der Waals surface area contributed by atoms with E-state index in [4.69, 9.17) is 0 Å². The van der Waals surface area contributed by atoms with Gasteiger partial charge in [-0.1, -0.05) is 12.1 Å². The van der Waals surface area contributed by atoms with E-state index in [0.29, 0.717) is 36.7 Å². The number of aryl methyl sites for hydroxylation is 1. The van der Waals surface area contributed by atoms with Gasteiger partial charge in [0, 0.05) is 50.1 Å². The molecule has 0 spiro atoms. The van der Waals surface area contributed by atoms with Gasteiger partial charge in [0.2, 0.25) is 0 Å². The minimum atomic E-state index is -0.379. The number of hydrogen-bond donors (Lipinski definition) is 3. The molecule has 1 aromatic heterocycles. The van der Waals surface area contributed by atoms with Crippen LogP contribution in [0.2, 0.25) is 0 Å². The SMILES string of the molecule is CCNC(=NCCc1ccccn1)NCCNC(=O)c1ccc(C)c(F)c1. The fraction of sp³-hybridized carbons (Fsp3) is 0.350. The summed E-state index contributed by atoms with van der Waals surface area (Å²) in [6.45, 7) is 5.92. The molecule has 0 fully saturated rings. The molecule has 0 aliphatic rings. The monoisotopic (exact) mass is 371 g/mol. The summed E-state index contributed by atoms with van der Waals surface area (Å²) in [5.74, 6) is 0.00657. The summed E-state index contributed by atoms with van der Waals surface area (Å²) < 4.78 is 13.5. The third kappa shape index (κ3) is 7.05. The van der Waals surface area contributed by atoms with E-state index in [9.17, 15) is 9.18 Å². The number of rotatable bonds is 8. The fourth-order valence-corrected chi connectivity index (χ4v) is 2.36. The average Bonchev–Trinajstić information content (AvgIpc) is 2.68. The number of benzene rings is 1. The highest BCUT2D eigenvalue weighted by Gasteiger charge is 2.07. The van der Waals surface area contributed by atoms with Crippen molar-refractivity contribution in [2.24, 2.45) is 4.99 Å². The number of carbonyl (C=O) groups excluding carboxylic acids is 1. The van der Waals surface area contributed by atoms with Crippen LogP contribution in [0.15, 0.2) is 47.6 Å². The van der Waals surface area contributed by atoms with Gasteiger partial charge in [-0.2, -0.15) is 0 Å². The van der Waals surface area contributed by atoms with Crippen LogP contribution in [0, 0.1) is 12.7 Å². The summed E-state index contributed by atoms with van der Waals surface area (Å²) in [5.41, 5.74) is 1.83. The second kappa shape index (κ2) is 10.9. The molecule has 1 amide bonds. The molecule has 2 rings (SSSR count). The van der Waals surface area contributed by atoms with E-state index in [1.165, 1.54) is 6.07 Å². The number of aliphatic imine (C=N–C) groups is 1. The maximum atomic E-state index is 13.5. The van der Waals surface area contributed by atoms with Gasteiger partial charge in [0.05, 0.1) is 0 Å². The summed E-state index contributed by atoms with van der Waals surface area (Å²) in [4.78, 5) is 20.8. The maximum absolute atomic E-state index is 13.5. The third-order valence-corrected chi connectivity index (χ3v) is 3.85. The molecule has 0 radical (unpaired) electrons. The Kier molecular flexibility index (Phi) is 8.22. The van der Waals surface area contributed by atoms with E-state index >= 15 is 0 Å². The molecule has 7 heteroatoms. The highest BCUT2D eigenvalue weighted by atomic mass is 19.1. The smallest absolute Gasteiger partial charge is 0.251 e. The largest absolute Gasteiger partial charge is 0.357 e. The molecule has 27 heavy (non-hydrogen) atoms. The van der Waals surface area contributed by atoms with Crippen LogP contribution >= 0.6 is 0 Å². The Balaban J connectivity index is 1.75. The molecule has 0 saturated carbocycles. The van der Waals surface area contributed by atoms with Gasteiger partial charge in [-0.3, -0.25) is 14.8 Å². The molecule has 0 aliphatic heterocycles. The average molecular weight is 371 g/mol. The summed E-state index contributed by atoms with van der Waals surface area (Å²) in [7, 11) is 0. The van der Waals surface area contributed by atoms with Crippen molar-refractivity contribution in [3.05, 3.63) is 65.2 Å². The number of nitrogens with zero attached hydrogens (tertiary/aromatic N) is 2. The number of nitrogens with one attached hydrogen (secondary N) is 3. The quantitative estimate of drug-likeness (QED) is 0.377. The molecule has 0 atom stereocenters.